The number of nitrogens with two attached hydrogens (primary N) is 1. The van der Waals surface area contributed by atoms with Gasteiger partial charge >= 0.3 is 0 Å². The normalized spacial score (nSPS) is 32.0. The summed E-state index contributed by atoms with van der Waals surface area (Å²) >= 11 is 0. The molecule has 0 spiro atoms. The highest BCUT2D eigenvalue weighted by Gasteiger charge is 2.43. The highest BCUT2D eigenvalue weighted by Crippen LogP contribution is 2.36. The third kappa shape index (κ3) is 2.32. The van der Waals surface area contributed by atoms with Gasteiger partial charge in [-0.25, -0.2) is 0 Å². The van der Waals surface area contributed by atoms with Gasteiger partial charge in [-0.05, 0) is 26.2 Å². The molecule has 0 aromatic carbocycles. The van der Waals surface area contributed by atoms with Crippen molar-refractivity contribution in [1.82, 2.24) is 5.32 Å². The van der Waals surface area contributed by atoms with Crippen molar-refractivity contribution in [2.24, 2.45) is 11.1 Å². The van der Waals surface area contributed by atoms with Gasteiger partial charge in [0, 0.05) is 6.04 Å². The van der Waals surface area contributed by atoms with Gasteiger partial charge in [0.05, 0.1) is 11.5 Å². The number of hydrogen-bond donors (Lipinski definition) is 2. The van der Waals surface area contributed by atoms with Crippen molar-refractivity contribution < 1.29 is 4.79 Å². The first-order valence-electron chi connectivity index (χ1n) is 5.57. The Morgan fingerprint density at radius 1 is 1.80 bits per heavy atom. The monoisotopic (exact) mass is 208 g/mol. The summed E-state index contributed by atoms with van der Waals surface area (Å²) in [5.74, 6) is 2.58. The third-order valence-electron chi connectivity index (χ3n) is 3.46. The van der Waals surface area contributed by atoms with Crippen LogP contribution in [0.15, 0.2) is 0 Å². The third-order valence-corrected chi connectivity index (χ3v) is 3.46. The first kappa shape index (κ1) is 12.1. The molecule has 0 saturated heterocycles. The van der Waals surface area contributed by atoms with E-state index in [1.807, 2.05) is 13.8 Å². The first-order chi connectivity index (χ1) is 7.04. The summed E-state index contributed by atoms with van der Waals surface area (Å²) in [6, 6.07) is -0.199. The van der Waals surface area contributed by atoms with E-state index in [1.54, 1.807) is 0 Å². The quantitative estimate of drug-likeness (QED) is 0.681. The molecular formula is C12H20N2O. The van der Waals surface area contributed by atoms with Crippen LogP contribution in [-0.4, -0.2) is 18.0 Å². The lowest BCUT2D eigenvalue weighted by atomic mass is 9.84. The van der Waals surface area contributed by atoms with Gasteiger partial charge in [0.2, 0.25) is 5.91 Å². The van der Waals surface area contributed by atoms with Gasteiger partial charge in [-0.15, -0.1) is 6.42 Å². The van der Waals surface area contributed by atoms with E-state index in [4.69, 9.17) is 12.2 Å². The Morgan fingerprint density at radius 3 is 2.87 bits per heavy atom. The topological polar surface area (TPSA) is 55.1 Å². The van der Waals surface area contributed by atoms with E-state index in [1.165, 1.54) is 0 Å². The zero-order valence-electron chi connectivity index (χ0n) is 9.55. The number of carbonyl (C=O) groups is 1. The molecule has 84 valence electrons. The average Bonchev–Trinajstić information content (AvgIpc) is 2.57. The molecule has 0 aromatic heterocycles. The molecule has 0 aromatic rings. The van der Waals surface area contributed by atoms with E-state index < -0.39 is 5.41 Å². The second-order valence-corrected chi connectivity index (χ2v) is 4.52. The van der Waals surface area contributed by atoms with Crippen molar-refractivity contribution in [2.75, 3.05) is 0 Å². The zero-order valence-corrected chi connectivity index (χ0v) is 9.55. The van der Waals surface area contributed by atoms with Crippen LogP contribution in [-0.2, 0) is 4.79 Å². The Labute approximate surface area is 91.8 Å². The van der Waals surface area contributed by atoms with Crippen LogP contribution in [0.25, 0.3) is 0 Å². The molecule has 1 amide bonds. The zero-order chi connectivity index (χ0) is 11.5. The summed E-state index contributed by atoms with van der Waals surface area (Å²) in [6.45, 7) is 3.89. The van der Waals surface area contributed by atoms with Crippen molar-refractivity contribution in [3.05, 3.63) is 0 Å². The van der Waals surface area contributed by atoms with Crippen LogP contribution >= 0.6 is 0 Å². The minimum Gasteiger partial charge on any atom is -0.342 e. The lowest BCUT2D eigenvalue weighted by Gasteiger charge is -2.28. The van der Waals surface area contributed by atoms with Crippen LogP contribution in [0.2, 0.25) is 0 Å². The van der Waals surface area contributed by atoms with Gasteiger partial charge < -0.3 is 11.1 Å². The molecule has 3 N–H and O–H groups in total. The summed E-state index contributed by atoms with van der Waals surface area (Å²) in [7, 11) is 0. The fraction of sp³-hybridized carbons (Fsp3) is 0.750. The van der Waals surface area contributed by atoms with Crippen LogP contribution in [0.4, 0.5) is 0 Å². The van der Waals surface area contributed by atoms with E-state index >= 15 is 0 Å². The molecule has 1 aliphatic carbocycles. The first-order valence-corrected chi connectivity index (χ1v) is 5.57. The fourth-order valence-electron chi connectivity index (χ4n) is 2.06. The maximum atomic E-state index is 12.0. The van der Waals surface area contributed by atoms with Gasteiger partial charge in [0.25, 0.3) is 0 Å². The Kier molecular flexibility index (Phi) is 3.76. The van der Waals surface area contributed by atoms with E-state index in [9.17, 15) is 4.79 Å². The molecule has 0 heterocycles. The van der Waals surface area contributed by atoms with Crippen molar-refractivity contribution in [3.63, 3.8) is 0 Å². The summed E-state index contributed by atoms with van der Waals surface area (Å²) in [5.41, 5.74) is 5.53. The smallest absolute Gasteiger partial charge is 0.228 e. The van der Waals surface area contributed by atoms with E-state index in [0.717, 1.165) is 25.7 Å². The average molecular weight is 208 g/mol. The summed E-state index contributed by atoms with van der Waals surface area (Å²) in [4.78, 5) is 12.0. The summed E-state index contributed by atoms with van der Waals surface area (Å²) in [6.07, 6.45) is 8.88. The summed E-state index contributed by atoms with van der Waals surface area (Å²) < 4.78 is 0. The SMILES string of the molecule is C#CC(CC)NC(=O)C1(C)CCCC1N. The molecular weight excluding hydrogens is 188 g/mol. The number of nitrogens with one attached hydrogen (secondary N) is 1. The van der Waals surface area contributed by atoms with Gasteiger partial charge in [-0.3, -0.25) is 4.79 Å². The lowest BCUT2D eigenvalue weighted by molar-refractivity contribution is -0.130. The molecule has 15 heavy (non-hydrogen) atoms. The number of rotatable bonds is 3. The molecule has 0 bridgehead atoms. The predicted octanol–water partition coefficient (Wildman–Crippen LogP) is 1.03. The Balaban J connectivity index is 2.64. The lowest BCUT2D eigenvalue weighted by Crippen LogP contribution is -2.49. The van der Waals surface area contributed by atoms with Crippen molar-refractivity contribution in [1.29, 1.82) is 0 Å². The summed E-state index contributed by atoms with van der Waals surface area (Å²) in [5, 5.41) is 2.87. The minimum atomic E-state index is -0.426. The molecule has 1 aliphatic rings. The predicted molar refractivity (Wildman–Crippen MR) is 61.0 cm³/mol. The number of amides is 1. The van der Waals surface area contributed by atoms with E-state index in [-0.39, 0.29) is 18.0 Å². The Hall–Kier alpha value is -1.01. The molecule has 3 atom stereocenters. The molecule has 3 nitrogen and oxygen atoms in total. The molecule has 1 rings (SSSR count). The number of carbonyl (C=O) groups excluding carboxylic acids is 1. The van der Waals surface area contributed by atoms with Crippen molar-refractivity contribution >= 4 is 5.91 Å². The van der Waals surface area contributed by atoms with Crippen LogP contribution in [0.5, 0.6) is 0 Å². The van der Waals surface area contributed by atoms with Gasteiger partial charge in [0.1, 0.15) is 0 Å². The van der Waals surface area contributed by atoms with Gasteiger partial charge in [-0.1, -0.05) is 19.3 Å². The van der Waals surface area contributed by atoms with Crippen LogP contribution in [0.1, 0.15) is 39.5 Å². The second kappa shape index (κ2) is 4.67. The molecule has 1 saturated carbocycles. The largest absolute Gasteiger partial charge is 0.342 e. The molecule has 1 fully saturated rings. The standard InChI is InChI=1S/C12H20N2O/c1-4-9(5-2)14-11(15)12(3)8-6-7-10(12)13/h1,9-10H,5-8,13H2,2-3H3,(H,14,15). The molecule has 0 aliphatic heterocycles. The molecule has 3 unspecified atom stereocenters. The Morgan fingerprint density at radius 2 is 2.47 bits per heavy atom. The highest BCUT2D eigenvalue weighted by atomic mass is 16.2. The van der Waals surface area contributed by atoms with E-state index in [0.29, 0.717) is 0 Å². The second-order valence-electron chi connectivity index (χ2n) is 4.52. The van der Waals surface area contributed by atoms with Crippen molar-refractivity contribution in [2.45, 2.75) is 51.6 Å². The van der Waals surface area contributed by atoms with Gasteiger partial charge in [-0.2, -0.15) is 0 Å². The maximum absolute atomic E-state index is 12.0. The fourth-order valence-corrected chi connectivity index (χ4v) is 2.06. The molecule has 3 heteroatoms. The minimum absolute atomic E-state index is 0.0114. The van der Waals surface area contributed by atoms with Crippen LogP contribution in [0, 0.1) is 17.8 Å². The number of hydrogen-bond acceptors (Lipinski definition) is 2. The van der Waals surface area contributed by atoms with Crippen molar-refractivity contribution in [3.8, 4) is 12.3 Å². The Bertz CT molecular complexity index is 282. The highest BCUT2D eigenvalue weighted by molar-refractivity contribution is 5.84. The van der Waals surface area contributed by atoms with Crippen LogP contribution < -0.4 is 11.1 Å². The van der Waals surface area contributed by atoms with Crippen LogP contribution in [0.3, 0.4) is 0 Å². The van der Waals surface area contributed by atoms with E-state index in [2.05, 4.69) is 11.2 Å². The molecule has 0 radical (unpaired) electrons. The number of terminal acetylenes is 1. The maximum Gasteiger partial charge on any atom is 0.228 e. The van der Waals surface area contributed by atoms with Gasteiger partial charge in [0.15, 0.2) is 0 Å².